The standard InChI is InChI=1S/C14H10BrClN2O3/c15-11-8-10(18(20)21)6-7-12(11)17-14(19)13(16)9-4-2-1-3-5-9/h1-8,13H,(H,17,19). The van der Waals surface area contributed by atoms with Gasteiger partial charge in [-0.3, -0.25) is 14.9 Å². The number of amides is 1. The molecule has 1 N–H and O–H groups in total. The number of hydrogen-bond acceptors (Lipinski definition) is 3. The Bertz CT molecular complexity index is 679. The van der Waals surface area contributed by atoms with Gasteiger partial charge in [-0.1, -0.05) is 30.3 Å². The number of halogens is 2. The van der Waals surface area contributed by atoms with E-state index in [0.717, 1.165) is 0 Å². The number of nitrogens with zero attached hydrogens (tertiary/aromatic N) is 1. The maximum absolute atomic E-state index is 12.1. The van der Waals surface area contributed by atoms with Gasteiger partial charge in [-0.05, 0) is 27.6 Å². The van der Waals surface area contributed by atoms with E-state index in [-0.39, 0.29) is 5.69 Å². The third-order valence-corrected chi connectivity index (χ3v) is 3.85. The number of benzene rings is 2. The number of nitro groups is 1. The summed E-state index contributed by atoms with van der Waals surface area (Å²) in [5.41, 5.74) is 1.03. The summed E-state index contributed by atoms with van der Waals surface area (Å²) in [5, 5.41) is 12.5. The normalized spacial score (nSPS) is 11.7. The van der Waals surface area contributed by atoms with Crippen LogP contribution in [0, 0.1) is 10.1 Å². The highest BCUT2D eigenvalue weighted by Crippen LogP contribution is 2.29. The second-order valence-electron chi connectivity index (χ2n) is 4.18. The molecule has 0 bridgehead atoms. The van der Waals surface area contributed by atoms with Crippen LogP contribution in [0.25, 0.3) is 0 Å². The van der Waals surface area contributed by atoms with Crippen molar-refractivity contribution in [1.82, 2.24) is 0 Å². The first-order valence-electron chi connectivity index (χ1n) is 5.93. The smallest absolute Gasteiger partial charge is 0.270 e. The lowest BCUT2D eigenvalue weighted by Gasteiger charge is -2.12. The van der Waals surface area contributed by atoms with Crippen LogP contribution in [0.1, 0.15) is 10.9 Å². The van der Waals surface area contributed by atoms with Crippen molar-refractivity contribution in [1.29, 1.82) is 0 Å². The Morgan fingerprint density at radius 2 is 1.90 bits per heavy atom. The van der Waals surface area contributed by atoms with Crippen LogP contribution in [-0.4, -0.2) is 10.8 Å². The molecule has 0 radical (unpaired) electrons. The lowest BCUT2D eigenvalue weighted by molar-refractivity contribution is -0.384. The molecule has 7 heteroatoms. The first kappa shape index (κ1) is 15.5. The first-order chi connectivity index (χ1) is 9.99. The molecule has 0 spiro atoms. The molecule has 108 valence electrons. The predicted molar refractivity (Wildman–Crippen MR) is 84.5 cm³/mol. The van der Waals surface area contributed by atoms with Crippen molar-refractivity contribution in [2.75, 3.05) is 5.32 Å². The van der Waals surface area contributed by atoms with Gasteiger partial charge < -0.3 is 5.32 Å². The van der Waals surface area contributed by atoms with Crippen LogP contribution in [0.3, 0.4) is 0 Å². The minimum Gasteiger partial charge on any atom is -0.323 e. The zero-order chi connectivity index (χ0) is 15.4. The summed E-state index contributed by atoms with van der Waals surface area (Å²) >= 11 is 9.29. The Labute approximate surface area is 134 Å². The molecule has 0 heterocycles. The summed E-state index contributed by atoms with van der Waals surface area (Å²) in [6.45, 7) is 0. The topological polar surface area (TPSA) is 72.2 Å². The maximum Gasteiger partial charge on any atom is 0.270 e. The van der Waals surface area contributed by atoms with Gasteiger partial charge in [0.25, 0.3) is 5.69 Å². The minimum absolute atomic E-state index is 0.0645. The number of nitrogens with one attached hydrogen (secondary N) is 1. The number of nitro benzene ring substituents is 1. The summed E-state index contributed by atoms with van der Waals surface area (Å²) in [4.78, 5) is 22.2. The molecule has 1 unspecified atom stereocenters. The number of hydrogen-bond donors (Lipinski definition) is 1. The van der Waals surface area contributed by atoms with Gasteiger partial charge in [-0.15, -0.1) is 11.6 Å². The number of non-ortho nitro benzene ring substituents is 1. The van der Waals surface area contributed by atoms with Gasteiger partial charge in [0.05, 0.1) is 10.6 Å². The van der Waals surface area contributed by atoms with Crippen LogP contribution in [0.5, 0.6) is 0 Å². The Balaban J connectivity index is 2.15. The summed E-state index contributed by atoms with van der Waals surface area (Å²) in [5.74, 6) is -0.405. The van der Waals surface area contributed by atoms with E-state index in [0.29, 0.717) is 15.7 Å². The van der Waals surface area contributed by atoms with E-state index in [1.165, 1.54) is 18.2 Å². The van der Waals surface area contributed by atoms with E-state index in [1.807, 2.05) is 6.07 Å². The predicted octanol–water partition coefficient (Wildman–Crippen LogP) is 4.28. The lowest BCUT2D eigenvalue weighted by Crippen LogP contribution is -2.17. The molecule has 2 aromatic rings. The quantitative estimate of drug-likeness (QED) is 0.497. The molecule has 0 saturated heterocycles. The number of anilines is 1. The second-order valence-corrected chi connectivity index (χ2v) is 5.47. The Kier molecular flexibility index (Phi) is 4.93. The van der Waals surface area contributed by atoms with Crippen molar-refractivity contribution in [3.05, 3.63) is 68.7 Å². The molecule has 0 aromatic heterocycles. The highest BCUT2D eigenvalue weighted by molar-refractivity contribution is 9.10. The van der Waals surface area contributed by atoms with E-state index in [2.05, 4.69) is 21.2 Å². The van der Waals surface area contributed by atoms with Crippen molar-refractivity contribution in [2.45, 2.75) is 5.38 Å². The fourth-order valence-corrected chi connectivity index (χ4v) is 2.35. The first-order valence-corrected chi connectivity index (χ1v) is 7.16. The summed E-state index contributed by atoms with van der Waals surface area (Å²) in [7, 11) is 0. The third-order valence-electron chi connectivity index (χ3n) is 2.74. The monoisotopic (exact) mass is 368 g/mol. The zero-order valence-electron chi connectivity index (χ0n) is 10.6. The molecule has 1 atom stereocenters. The average molecular weight is 370 g/mol. The van der Waals surface area contributed by atoms with Gasteiger partial charge in [0, 0.05) is 16.6 Å². The molecule has 1 amide bonds. The van der Waals surface area contributed by atoms with Gasteiger partial charge in [-0.25, -0.2) is 0 Å². The molecule has 5 nitrogen and oxygen atoms in total. The highest BCUT2D eigenvalue weighted by atomic mass is 79.9. The molecular formula is C14H10BrClN2O3. The molecule has 0 aliphatic heterocycles. The molecule has 0 fully saturated rings. The lowest BCUT2D eigenvalue weighted by atomic mass is 10.1. The van der Waals surface area contributed by atoms with E-state index < -0.39 is 16.2 Å². The minimum atomic E-state index is -0.840. The van der Waals surface area contributed by atoms with Crippen molar-refractivity contribution in [3.8, 4) is 0 Å². The molecule has 0 saturated carbocycles. The van der Waals surface area contributed by atoms with E-state index >= 15 is 0 Å². The number of alkyl halides is 1. The van der Waals surface area contributed by atoms with Crippen LogP contribution in [0.15, 0.2) is 53.0 Å². The van der Waals surface area contributed by atoms with Crippen LogP contribution >= 0.6 is 27.5 Å². The van der Waals surface area contributed by atoms with E-state index in [4.69, 9.17) is 11.6 Å². The van der Waals surface area contributed by atoms with Crippen molar-refractivity contribution in [3.63, 3.8) is 0 Å². The Morgan fingerprint density at radius 3 is 2.48 bits per heavy atom. The largest absolute Gasteiger partial charge is 0.323 e. The van der Waals surface area contributed by atoms with Crippen molar-refractivity contribution >= 4 is 44.8 Å². The average Bonchev–Trinajstić information content (AvgIpc) is 2.49. The van der Waals surface area contributed by atoms with Crippen LogP contribution < -0.4 is 5.32 Å². The van der Waals surface area contributed by atoms with Gasteiger partial charge in [0.15, 0.2) is 0 Å². The maximum atomic E-state index is 12.1. The van der Waals surface area contributed by atoms with Gasteiger partial charge >= 0.3 is 0 Å². The van der Waals surface area contributed by atoms with Gasteiger partial charge in [-0.2, -0.15) is 0 Å². The fraction of sp³-hybridized carbons (Fsp3) is 0.0714. The Morgan fingerprint density at radius 1 is 1.24 bits per heavy atom. The number of rotatable bonds is 4. The molecular weight excluding hydrogens is 360 g/mol. The van der Waals surface area contributed by atoms with Gasteiger partial charge in [0.2, 0.25) is 5.91 Å². The summed E-state index contributed by atoms with van der Waals surface area (Å²) in [6, 6.07) is 13.0. The van der Waals surface area contributed by atoms with Crippen LogP contribution in [-0.2, 0) is 4.79 Å². The van der Waals surface area contributed by atoms with Crippen LogP contribution in [0.2, 0.25) is 0 Å². The zero-order valence-corrected chi connectivity index (χ0v) is 13.0. The summed E-state index contributed by atoms with van der Waals surface area (Å²) < 4.78 is 0.418. The number of carbonyl (C=O) groups is 1. The second kappa shape index (κ2) is 6.69. The van der Waals surface area contributed by atoms with E-state index in [1.54, 1.807) is 24.3 Å². The SMILES string of the molecule is O=C(Nc1ccc([N+](=O)[O-])cc1Br)C(Cl)c1ccccc1. The van der Waals surface area contributed by atoms with Crippen molar-refractivity contribution in [2.24, 2.45) is 0 Å². The van der Waals surface area contributed by atoms with Crippen molar-refractivity contribution < 1.29 is 9.72 Å². The molecule has 0 aliphatic carbocycles. The molecule has 2 rings (SSSR count). The fourth-order valence-electron chi connectivity index (χ4n) is 1.69. The molecule has 2 aromatic carbocycles. The molecule has 21 heavy (non-hydrogen) atoms. The van der Waals surface area contributed by atoms with E-state index in [9.17, 15) is 14.9 Å². The van der Waals surface area contributed by atoms with Crippen LogP contribution in [0.4, 0.5) is 11.4 Å². The molecule has 0 aliphatic rings. The summed E-state index contributed by atoms with van der Waals surface area (Å²) in [6.07, 6.45) is 0. The van der Waals surface area contributed by atoms with Gasteiger partial charge in [0.1, 0.15) is 5.38 Å². The third kappa shape index (κ3) is 3.80. The Hall–Kier alpha value is -1.92. The highest BCUT2D eigenvalue weighted by Gasteiger charge is 2.19. The number of carbonyl (C=O) groups excluding carboxylic acids is 1.